The van der Waals surface area contributed by atoms with Crippen molar-refractivity contribution in [3.63, 3.8) is 0 Å². The van der Waals surface area contributed by atoms with Gasteiger partial charge in [-0.05, 0) is 0 Å². The van der Waals surface area contributed by atoms with E-state index in [1.165, 1.54) is 55.5 Å². The number of carbonyl (C=O) groups excluding carboxylic acids is 1. The number of ether oxygens (including phenoxy) is 1. The summed E-state index contributed by atoms with van der Waals surface area (Å²) in [5.74, 6) is 0.925. The summed E-state index contributed by atoms with van der Waals surface area (Å²) in [5, 5.41) is 1.18. The molecular formula is C31H55NO3SiSn. The van der Waals surface area contributed by atoms with Crippen molar-refractivity contribution < 1.29 is 14.0 Å². The molecule has 0 saturated carbocycles. The first-order valence-corrected chi connectivity index (χ1v) is 25.1. The Morgan fingerprint density at radius 1 is 0.892 bits per heavy atom. The minimum absolute atomic E-state index is 0.0953. The average Bonchev–Trinajstić information content (AvgIpc) is 3.18. The third kappa shape index (κ3) is 8.03. The molecular weight excluding hydrogens is 581 g/mol. The molecule has 0 aliphatic rings. The van der Waals surface area contributed by atoms with E-state index in [2.05, 4.69) is 78.9 Å². The molecule has 2 aromatic rings. The van der Waals surface area contributed by atoms with Crippen LogP contribution in [0, 0.1) is 0 Å². The number of rotatable bonds is 12. The number of fused-ring (bicyclic) bond motifs is 1. The molecule has 4 nitrogen and oxygen atoms in total. The van der Waals surface area contributed by atoms with Crippen LogP contribution in [0.15, 0.2) is 24.3 Å². The zero-order chi connectivity index (χ0) is 28.1. The minimum atomic E-state index is -2.99. The molecule has 1 heterocycles. The molecule has 0 aliphatic carbocycles. The molecule has 6 heteroatoms. The Morgan fingerprint density at radius 3 is 1.84 bits per heavy atom. The van der Waals surface area contributed by atoms with Crippen molar-refractivity contribution in [3.05, 3.63) is 24.3 Å². The Bertz CT molecular complexity index is 1010. The summed E-state index contributed by atoms with van der Waals surface area (Å²) in [7, 11) is -2.05. The van der Waals surface area contributed by atoms with Gasteiger partial charge in [0.15, 0.2) is 0 Å². The van der Waals surface area contributed by atoms with Gasteiger partial charge in [-0.2, -0.15) is 0 Å². The van der Waals surface area contributed by atoms with Gasteiger partial charge in [0.05, 0.1) is 0 Å². The molecule has 2 rings (SSSR count). The standard InChI is InChI=1S/C19H28NO3Si.3C4H9.Sn/c1-18(2,3)22-17(21)20-13-12-14-15(20)10-9-11-16(14)23-24(7,8)19(4,5)6;3*1-3-4-2;/h9-12H,1-8H3;3*1,3-4H2,2H3;. The van der Waals surface area contributed by atoms with E-state index < -0.39 is 32.3 Å². The summed E-state index contributed by atoms with van der Waals surface area (Å²) in [5.41, 5.74) is 0.403. The van der Waals surface area contributed by atoms with Crippen LogP contribution in [-0.4, -0.2) is 43.0 Å². The molecule has 0 saturated heterocycles. The van der Waals surface area contributed by atoms with Gasteiger partial charge in [-0.15, -0.1) is 0 Å². The number of unbranched alkanes of at least 4 members (excludes halogenated alkanes) is 3. The van der Waals surface area contributed by atoms with Crippen LogP contribution in [0.3, 0.4) is 0 Å². The van der Waals surface area contributed by atoms with Crippen LogP contribution in [0.1, 0.15) is 101 Å². The van der Waals surface area contributed by atoms with E-state index in [1.54, 1.807) is 0 Å². The molecule has 0 bridgehead atoms. The molecule has 0 spiro atoms. The number of hydrogen-bond acceptors (Lipinski definition) is 3. The van der Waals surface area contributed by atoms with E-state index in [0.29, 0.717) is 0 Å². The van der Waals surface area contributed by atoms with Crippen LogP contribution < -0.4 is 8.14 Å². The van der Waals surface area contributed by atoms with Gasteiger partial charge < -0.3 is 0 Å². The summed E-state index contributed by atoms with van der Waals surface area (Å²) < 4.78 is 20.1. The number of carbonyl (C=O) groups is 1. The van der Waals surface area contributed by atoms with E-state index >= 15 is 0 Å². The normalized spacial score (nSPS) is 13.3. The molecule has 1 aromatic carbocycles. The van der Waals surface area contributed by atoms with Crippen LogP contribution in [0.25, 0.3) is 10.9 Å². The van der Waals surface area contributed by atoms with Crippen LogP contribution in [-0.2, 0) is 4.74 Å². The van der Waals surface area contributed by atoms with E-state index in [9.17, 15) is 4.79 Å². The number of nitrogens with zero attached hydrogens (tertiary/aromatic N) is 1. The fraction of sp³-hybridized carbons (Fsp3) is 0.710. The summed E-state index contributed by atoms with van der Waals surface area (Å²) in [4.78, 5) is 13.9. The van der Waals surface area contributed by atoms with Crippen molar-refractivity contribution in [2.24, 2.45) is 0 Å². The van der Waals surface area contributed by atoms with Gasteiger partial charge in [0.1, 0.15) is 0 Å². The molecule has 0 radical (unpaired) electrons. The van der Waals surface area contributed by atoms with Gasteiger partial charge in [-0.3, -0.25) is 0 Å². The second kappa shape index (κ2) is 12.9. The first-order chi connectivity index (χ1) is 17.1. The summed E-state index contributed by atoms with van der Waals surface area (Å²) in [6.07, 6.45) is 7.09. The van der Waals surface area contributed by atoms with E-state index in [0.717, 1.165) is 16.7 Å². The third-order valence-electron chi connectivity index (χ3n) is 8.12. The van der Waals surface area contributed by atoms with Gasteiger partial charge in [-0.1, -0.05) is 0 Å². The Morgan fingerprint density at radius 2 is 1.41 bits per heavy atom. The number of aromatic nitrogens is 1. The van der Waals surface area contributed by atoms with Crippen molar-refractivity contribution in [1.29, 1.82) is 0 Å². The Hall–Kier alpha value is -0.954. The Labute approximate surface area is 232 Å². The van der Waals surface area contributed by atoms with Crippen LogP contribution in [0.5, 0.6) is 5.75 Å². The second-order valence-electron chi connectivity index (χ2n) is 13.5. The molecule has 0 fully saturated rings. The molecule has 0 amide bonds. The van der Waals surface area contributed by atoms with Crippen molar-refractivity contribution in [2.75, 3.05) is 0 Å². The van der Waals surface area contributed by atoms with Crippen molar-refractivity contribution in [1.82, 2.24) is 4.57 Å². The molecule has 37 heavy (non-hydrogen) atoms. The predicted octanol–water partition coefficient (Wildman–Crippen LogP) is 9.86. The maximum atomic E-state index is 13.9. The zero-order valence-corrected chi connectivity index (χ0v) is 29.7. The number of hydrogen-bond donors (Lipinski definition) is 0. The molecule has 210 valence electrons. The first kappa shape index (κ1) is 32.3. The molecule has 0 aliphatic heterocycles. The molecule has 1 aromatic heterocycles. The van der Waals surface area contributed by atoms with Crippen LogP contribution in [0.2, 0.25) is 31.4 Å². The average molecular weight is 637 g/mol. The van der Waals surface area contributed by atoms with Gasteiger partial charge in [0.2, 0.25) is 0 Å². The van der Waals surface area contributed by atoms with Gasteiger partial charge in [-0.25, -0.2) is 0 Å². The molecule has 0 unspecified atom stereocenters. The SMILES string of the molecule is CCC[CH2][Sn]([CH2]CCC)([CH2]CCC)[c]1cc2c(O[Si](C)(C)C(C)(C)C)cccc2n1C(=O)OC(C)(C)C. The van der Waals surface area contributed by atoms with E-state index in [1.807, 2.05) is 25.3 Å². The monoisotopic (exact) mass is 637 g/mol. The van der Waals surface area contributed by atoms with Gasteiger partial charge in [0, 0.05) is 0 Å². The predicted molar refractivity (Wildman–Crippen MR) is 166 cm³/mol. The maximum absolute atomic E-state index is 13.9. The third-order valence-corrected chi connectivity index (χ3v) is 27.8. The van der Waals surface area contributed by atoms with Crippen LogP contribution in [0.4, 0.5) is 4.79 Å². The van der Waals surface area contributed by atoms with Gasteiger partial charge in [0.25, 0.3) is 0 Å². The quantitative estimate of drug-likeness (QED) is 0.218. The zero-order valence-electron chi connectivity index (χ0n) is 25.8. The fourth-order valence-corrected chi connectivity index (χ4v) is 22.4. The fourth-order valence-electron chi connectivity index (χ4n) is 4.92. The summed E-state index contributed by atoms with van der Waals surface area (Å²) >= 11 is -2.99. The van der Waals surface area contributed by atoms with Gasteiger partial charge >= 0.3 is 234 Å². The number of benzene rings is 1. The first-order valence-electron chi connectivity index (χ1n) is 14.7. The topological polar surface area (TPSA) is 40.5 Å². The van der Waals surface area contributed by atoms with E-state index in [-0.39, 0.29) is 11.1 Å². The Kier molecular flexibility index (Phi) is 11.3. The Balaban J connectivity index is 2.88. The summed E-state index contributed by atoms with van der Waals surface area (Å²) in [6.45, 7) is 24.2. The van der Waals surface area contributed by atoms with Crippen molar-refractivity contribution >= 4 is 47.4 Å². The van der Waals surface area contributed by atoms with E-state index in [4.69, 9.17) is 9.16 Å². The van der Waals surface area contributed by atoms with Crippen molar-refractivity contribution in [2.45, 2.75) is 138 Å². The molecule has 0 atom stereocenters. The van der Waals surface area contributed by atoms with Crippen molar-refractivity contribution in [3.8, 4) is 5.75 Å². The molecule has 0 N–H and O–H groups in total. The van der Waals surface area contributed by atoms with Crippen LogP contribution >= 0.6 is 0 Å². The second-order valence-corrected chi connectivity index (χ2v) is 31.3. The summed E-state index contributed by atoms with van der Waals surface area (Å²) in [6, 6.07) is 8.63.